The van der Waals surface area contributed by atoms with Gasteiger partial charge in [-0.2, -0.15) is 0 Å². The number of nitrogens with one attached hydrogen (secondary N) is 1. The second-order valence-corrected chi connectivity index (χ2v) is 3.49. The molecule has 2 aliphatic rings. The maximum atomic E-state index is 11.3. The summed E-state index contributed by atoms with van der Waals surface area (Å²) in [6.07, 6.45) is 2.23. The van der Waals surface area contributed by atoms with Gasteiger partial charge in [0.05, 0.1) is 6.04 Å². The van der Waals surface area contributed by atoms with E-state index in [-0.39, 0.29) is 11.9 Å². The molecule has 0 radical (unpaired) electrons. The first-order chi connectivity index (χ1) is 5.29. The predicted octanol–water partition coefficient (Wildman–Crippen LogP) is -0.0309. The third-order valence-electron chi connectivity index (χ3n) is 2.73. The molecular weight excluding hydrogens is 140 g/mol. The topological polar surface area (TPSA) is 32.3 Å². The van der Waals surface area contributed by atoms with Crippen LogP contribution in [0.4, 0.5) is 0 Å². The summed E-state index contributed by atoms with van der Waals surface area (Å²) >= 11 is 0. The highest BCUT2D eigenvalue weighted by Gasteiger charge is 2.36. The highest BCUT2D eigenvalue weighted by atomic mass is 16.2. The van der Waals surface area contributed by atoms with Gasteiger partial charge in [-0.25, -0.2) is 0 Å². The quantitative estimate of drug-likeness (QED) is 0.531. The van der Waals surface area contributed by atoms with Crippen LogP contribution in [-0.4, -0.2) is 36.0 Å². The molecule has 0 aromatic carbocycles. The summed E-state index contributed by atoms with van der Waals surface area (Å²) in [7, 11) is 0. The molecule has 2 heterocycles. The van der Waals surface area contributed by atoms with Crippen molar-refractivity contribution >= 4 is 5.91 Å². The molecule has 0 bridgehead atoms. The van der Waals surface area contributed by atoms with E-state index in [1.54, 1.807) is 0 Å². The second kappa shape index (κ2) is 2.48. The molecule has 2 fully saturated rings. The predicted molar refractivity (Wildman–Crippen MR) is 42.2 cm³/mol. The van der Waals surface area contributed by atoms with E-state index in [9.17, 15) is 4.79 Å². The van der Waals surface area contributed by atoms with Crippen molar-refractivity contribution in [2.45, 2.75) is 31.8 Å². The number of hydrogen-bond acceptors (Lipinski definition) is 2. The molecule has 11 heavy (non-hydrogen) atoms. The Bertz CT molecular complexity index is 181. The summed E-state index contributed by atoms with van der Waals surface area (Å²) in [4.78, 5) is 13.6. The fourth-order valence-corrected chi connectivity index (χ4v) is 2.08. The molecule has 3 nitrogen and oxygen atoms in total. The van der Waals surface area contributed by atoms with Crippen LogP contribution in [0.3, 0.4) is 0 Å². The van der Waals surface area contributed by atoms with Gasteiger partial charge in [0.2, 0.25) is 5.91 Å². The Morgan fingerprint density at radius 3 is 3.18 bits per heavy atom. The summed E-state index contributed by atoms with van der Waals surface area (Å²) in [5, 5.41) is 2.92. The summed E-state index contributed by atoms with van der Waals surface area (Å²) in [5.74, 6) is 0.237. The first-order valence-corrected chi connectivity index (χ1v) is 4.32. The smallest absolute Gasteiger partial charge is 0.237 e. The van der Waals surface area contributed by atoms with Gasteiger partial charge >= 0.3 is 0 Å². The van der Waals surface area contributed by atoms with Gasteiger partial charge in [0.25, 0.3) is 0 Å². The van der Waals surface area contributed by atoms with Crippen LogP contribution in [0.25, 0.3) is 0 Å². The molecule has 0 aromatic rings. The summed E-state index contributed by atoms with van der Waals surface area (Å²) in [6.45, 7) is 4.12. The molecule has 62 valence electrons. The molecule has 2 aliphatic heterocycles. The van der Waals surface area contributed by atoms with Crippen LogP contribution in [0.2, 0.25) is 0 Å². The molecule has 2 saturated heterocycles. The maximum absolute atomic E-state index is 11.3. The Morgan fingerprint density at radius 1 is 1.64 bits per heavy atom. The van der Waals surface area contributed by atoms with Crippen LogP contribution >= 0.6 is 0 Å². The van der Waals surface area contributed by atoms with Crippen molar-refractivity contribution in [2.75, 3.05) is 13.1 Å². The molecule has 2 rings (SSSR count). The average molecular weight is 154 g/mol. The molecule has 1 N–H and O–H groups in total. The van der Waals surface area contributed by atoms with Crippen molar-refractivity contribution in [3.8, 4) is 0 Å². The Kier molecular flexibility index (Phi) is 1.60. The number of rotatable bonds is 0. The van der Waals surface area contributed by atoms with Gasteiger partial charge in [-0.3, -0.25) is 9.69 Å². The fourth-order valence-electron chi connectivity index (χ4n) is 2.08. The standard InChI is InChI=1S/C8H14N2O/c1-6-5-9-8(11)7-3-2-4-10(6)7/h6-7H,2-5H2,1H3,(H,9,11)/t6-,7+/m1/s1. The zero-order valence-electron chi connectivity index (χ0n) is 6.84. The van der Waals surface area contributed by atoms with E-state index in [1.807, 2.05) is 0 Å². The molecule has 1 amide bonds. The van der Waals surface area contributed by atoms with E-state index in [0.29, 0.717) is 6.04 Å². The van der Waals surface area contributed by atoms with Crippen LogP contribution in [0.5, 0.6) is 0 Å². The zero-order valence-corrected chi connectivity index (χ0v) is 6.84. The number of piperazine rings is 1. The van der Waals surface area contributed by atoms with Crippen LogP contribution in [0, 0.1) is 0 Å². The third kappa shape index (κ3) is 1.03. The van der Waals surface area contributed by atoms with Crippen LogP contribution in [-0.2, 0) is 4.79 Å². The number of nitrogens with zero attached hydrogens (tertiary/aromatic N) is 1. The summed E-state index contributed by atoms with van der Waals surface area (Å²) < 4.78 is 0. The normalized spacial score (nSPS) is 38.5. The van der Waals surface area contributed by atoms with E-state index < -0.39 is 0 Å². The first kappa shape index (κ1) is 7.10. The number of amides is 1. The van der Waals surface area contributed by atoms with Gasteiger partial charge in [-0.1, -0.05) is 0 Å². The third-order valence-corrected chi connectivity index (χ3v) is 2.73. The second-order valence-electron chi connectivity index (χ2n) is 3.49. The van der Waals surface area contributed by atoms with Gasteiger partial charge in [-0.05, 0) is 26.3 Å². The van der Waals surface area contributed by atoms with Gasteiger partial charge < -0.3 is 5.32 Å². The van der Waals surface area contributed by atoms with Gasteiger partial charge in [0, 0.05) is 12.6 Å². The Hall–Kier alpha value is -0.570. The van der Waals surface area contributed by atoms with Crippen molar-refractivity contribution in [3.05, 3.63) is 0 Å². The van der Waals surface area contributed by atoms with Crippen LogP contribution in [0.15, 0.2) is 0 Å². The minimum Gasteiger partial charge on any atom is -0.353 e. The van der Waals surface area contributed by atoms with Crippen molar-refractivity contribution in [2.24, 2.45) is 0 Å². The van der Waals surface area contributed by atoms with Crippen molar-refractivity contribution in [1.82, 2.24) is 10.2 Å². The van der Waals surface area contributed by atoms with Crippen molar-refractivity contribution in [1.29, 1.82) is 0 Å². The lowest BCUT2D eigenvalue weighted by Crippen LogP contribution is -2.56. The van der Waals surface area contributed by atoms with E-state index in [0.717, 1.165) is 19.5 Å². The van der Waals surface area contributed by atoms with E-state index in [4.69, 9.17) is 0 Å². The van der Waals surface area contributed by atoms with Gasteiger partial charge in [0.1, 0.15) is 0 Å². The molecule has 0 aromatic heterocycles. The molecular formula is C8H14N2O. The van der Waals surface area contributed by atoms with Gasteiger partial charge in [-0.15, -0.1) is 0 Å². The summed E-state index contributed by atoms with van der Waals surface area (Å²) in [6, 6.07) is 0.735. The number of carbonyl (C=O) groups excluding carboxylic acids is 1. The highest BCUT2D eigenvalue weighted by Crippen LogP contribution is 2.22. The summed E-state index contributed by atoms with van der Waals surface area (Å²) in [5.41, 5.74) is 0. The van der Waals surface area contributed by atoms with Crippen molar-refractivity contribution < 1.29 is 4.79 Å². The van der Waals surface area contributed by atoms with Crippen LogP contribution in [0.1, 0.15) is 19.8 Å². The molecule has 3 heteroatoms. The van der Waals surface area contributed by atoms with Crippen LogP contribution < -0.4 is 5.32 Å². The highest BCUT2D eigenvalue weighted by molar-refractivity contribution is 5.82. The number of fused-ring (bicyclic) bond motifs is 1. The fraction of sp³-hybridized carbons (Fsp3) is 0.875. The molecule has 0 saturated carbocycles. The lowest BCUT2D eigenvalue weighted by atomic mass is 10.1. The Morgan fingerprint density at radius 2 is 2.45 bits per heavy atom. The number of carbonyl (C=O) groups is 1. The monoisotopic (exact) mass is 154 g/mol. The lowest BCUT2D eigenvalue weighted by Gasteiger charge is -2.34. The molecule has 0 unspecified atom stereocenters. The first-order valence-electron chi connectivity index (χ1n) is 4.32. The van der Waals surface area contributed by atoms with Gasteiger partial charge in [0.15, 0.2) is 0 Å². The average Bonchev–Trinajstić information content (AvgIpc) is 2.45. The number of hydrogen-bond donors (Lipinski definition) is 1. The lowest BCUT2D eigenvalue weighted by molar-refractivity contribution is -0.129. The molecule has 0 spiro atoms. The Balaban J connectivity index is 2.14. The Labute approximate surface area is 66.8 Å². The minimum atomic E-state index is 0.193. The minimum absolute atomic E-state index is 0.193. The SMILES string of the molecule is C[C@@H]1CNC(=O)[C@@H]2CCCN12. The van der Waals surface area contributed by atoms with Crippen molar-refractivity contribution in [3.63, 3.8) is 0 Å². The van der Waals surface area contributed by atoms with E-state index in [1.165, 1.54) is 6.42 Å². The zero-order chi connectivity index (χ0) is 7.84. The largest absolute Gasteiger partial charge is 0.353 e. The molecule has 2 atom stereocenters. The van der Waals surface area contributed by atoms with E-state index >= 15 is 0 Å². The molecule has 0 aliphatic carbocycles. The van der Waals surface area contributed by atoms with E-state index in [2.05, 4.69) is 17.1 Å². The maximum Gasteiger partial charge on any atom is 0.237 e.